The van der Waals surface area contributed by atoms with Gasteiger partial charge in [-0.05, 0) is 17.2 Å². The third-order valence-corrected chi connectivity index (χ3v) is 3.60. The molecular weight excluding hydrogens is 252 g/mol. The summed E-state index contributed by atoms with van der Waals surface area (Å²) in [5, 5.41) is 8.96. The number of fused-ring (bicyclic) bond motifs is 1. The highest BCUT2D eigenvalue weighted by atomic mass is 16.4. The minimum Gasteiger partial charge on any atom is -0.477 e. The highest BCUT2D eigenvalue weighted by Crippen LogP contribution is 2.19. The summed E-state index contributed by atoms with van der Waals surface area (Å²) in [6.45, 7) is 2.66. The van der Waals surface area contributed by atoms with Crippen molar-refractivity contribution in [1.82, 2.24) is 9.88 Å². The van der Waals surface area contributed by atoms with E-state index >= 15 is 0 Å². The molecule has 0 aliphatic carbocycles. The van der Waals surface area contributed by atoms with E-state index in [-0.39, 0.29) is 5.69 Å². The van der Waals surface area contributed by atoms with Crippen LogP contribution in [0.1, 0.15) is 27.3 Å². The molecule has 0 amide bonds. The summed E-state index contributed by atoms with van der Waals surface area (Å²) in [5.41, 5.74) is 3.50. The number of aromatic nitrogens is 1. The van der Waals surface area contributed by atoms with Crippen LogP contribution in [0.25, 0.3) is 0 Å². The van der Waals surface area contributed by atoms with Crippen LogP contribution in [0.15, 0.2) is 42.5 Å². The summed E-state index contributed by atoms with van der Waals surface area (Å²) >= 11 is 0. The van der Waals surface area contributed by atoms with Gasteiger partial charge >= 0.3 is 5.97 Å². The standard InChI is InChI=1S/C16H16N2O2/c19-16(20)15-7-6-13-11-18(9-8-14(13)17-15)10-12-4-2-1-3-5-12/h1-7H,8-11H2,(H,19,20). The van der Waals surface area contributed by atoms with Crippen molar-refractivity contribution >= 4 is 5.97 Å². The summed E-state index contributed by atoms with van der Waals surface area (Å²) in [5.74, 6) is -0.959. The molecule has 1 aromatic carbocycles. The lowest BCUT2D eigenvalue weighted by atomic mass is 10.0. The summed E-state index contributed by atoms with van der Waals surface area (Å²) in [4.78, 5) is 17.5. The van der Waals surface area contributed by atoms with Gasteiger partial charge in [-0.2, -0.15) is 0 Å². The molecule has 0 fully saturated rings. The van der Waals surface area contributed by atoms with Gasteiger partial charge in [0.05, 0.1) is 0 Å². The number of carboxylic acid groups (broad SMARTS) is 1. The van der Waals surface area contributed by atoms with Crippen molar-refractivity contribution in [3.05, 3.63) is 65.0 Å². The quantitative estimate of drug-likeness (QED) is 0.928. The van der Waals surface area contributed by atoms with Crippen LogP contribution in [0.3, 0.4) is 0 Å². The van der Waals surface area contributed by atoms with Crippen LogP contribution < -0.4 is 0 Å². The third-order valence-electron chi connectivity index (χ3n) is 3.60. The molecule has 0 radical (unpaired) electrons. The summed E-state index contributed by atoms with van der Waals surface area (Å²) in [7, 11) is 0. The van der Waals surface area contributed by atoms with Crippen LogP contribution in [-0.4, -0.2) is 27.5 Å². The van der Waals surface area contributed by atoms with Crippen LogP contribution in [0.2, 0.25) is 0 Å². The highest BCUT2D eigenvalue weighted by molar-refractivity contribution is 5.85. The second kappa shape index (κ2) is 5.43. The van der Waals surface area contributed by atoms with Gasteiger partial charge in [0.25, 0.3) is 0 Å². The van der Waals surface area contributed by atoms with Gasteiger partial charge in [-0.25, -0.2) is 9.78 Å². The number of hydrogen-bond acceptors (Lipinski definition) is 3. The van der Waals surface area contributed by atoms with Gasteiger partial charge < -0.3 is 5.11 Å². The Morgan fingerprint density at radius 3 is 2.75 bits per heavy atom. The maximum Gasteiger partial charge on any atom is 0.354 e. The van der Waals surface area contributed by atoms with E-state index in [0.717, 1.165) is 37.3 Å². The Morgan fingerprint density at radius 2 is 2.00 bits per heavy atom. The molecule has 1 aliphatic rings. The van der Waals surface area contributed by atoms with E-state index in [2.05, 4.69) is 22.0 Å². The van der Waals surface area contributed by atoms with E-state index < -0.39 is 5.97 Å². The topological polar surface area (TPSA) is 53.4 Å². The second-order valence-corrected chi connectivity index (χ2v) is 5.05. The Kier molecular flexibility index (Phi) is 3.48. The number of pyridine rings is 1. The lowest BCUT2D eigenvalue weighted by Gasteiger charge is -2.28. The zero-order valence-corrected chi connectivity index (χ0v) is 11.1. The minimum atomic E-state index is -0.959. The molecule has 2 aromatic rings. The molecule has 20 heavy (non-hydrogen) atoms. The van der Waals surface area contributed by atoms with E-state index in [1.807, 2.05) is 24.3 Å². The Morgan fingerprint density at radius 1 is 1.20 bits per heavy atom. The fraction of sp³-hybridized carbons (Fsp3) is 0.250. The molecule has 1 aliphatic heterocycles. The fourth-order valence-corrected chi connectivity index (χ4v) is 2.57. The maximum absolute atomic E-state index is 10.9. The predicted octanol–water partition coefficient (Wildman–Crippen LogP) is 2.34. The van der Waals surface area contributed by atoms with Crippen molar-refractivity contribution in [2.24, 2.45) is 0 Å². The molecule has 1 aromatic heterocycles. The number of hydrogen-bond donors (Lipinski definition) is 1. The van der Waals surface area contributed by atoms with E-state index in [1.54, 1.807) is 6.07 Å². The average molecular weight is 268 g/mol. The molecule has 102 valence electrons. The molecule has 1 N–H and O–H groups in total. The first-order chi connectivity index (χ1) is 9.72. The molecule has 2 heterocycles. The minimum absolute atomic E-state index is 0.139. The van der Waals surface area contributed by atoms with Crippen LogP contribution in [-0.2, 0) is 19.5 Å². The first kappa shape index (κ1) is 12.8. The zero-order valence-electron chi connectivity index (χ0n) is 11.1. The summed E-state index contributed by atoms with van der Waals surface area (Å²) < 4.78 is 0. The zero-order chi connectivity index (χ0) is 13.9. The normalized spacial score (nSPS) is 14.8. The first-order valence-corrected chi connectivity index (χ1v) is 6.71. The number of rotatable bonds is 3. The van der Waals surface area contributed by atoms with Crippen molar-refractivity contribution in [1.29, 1.82) is 0 Å². The molecule has 0 spiro atoms. The van der Waals surface area contributed by atoms with E-state index in [0.29, 0.717) is 0 Å². The Hall–Kier alpha value is -2.20. The fourth-order valence-electron chi connectivity index (χ4n) is 2.57. The number of carboxylic acids is 1. The largest absolute Gasteiger partial charge is 0.477 e. The van der Waals surface area contributed by atoms with Crippen LogP contribution in [0.4, 0.5) is 0 Å². The Balaban J connectivity index is 1.74. The van der Waals surface area contributed by atoms with Crippen LogP contribution in [0.5, 0.6) is 0 Å². The van der Waals surface area contributed by atoms with E-state index in [1.165, 1.54) is 5.56 Å². The maximum atomic E-state index is 10.9. The molecular formula is C16H16N2O2. The van der Waals surface area contributed by atoms with Gasteiger partial charge in [-0.3, -0.25) is 4.90 Å². The number of carbonyl (C=O) groups is 1. The second-order valence-electron chi connectivity index (χ2n) is 5.05. The molecule has 0 saturated heterocycles. The molecule has 0 atom stereocenters. The number of nitrogens with zero attached hydrogens (tertiary/aromatic N) is 2. The van der Waals surface area contributed by atoms with Gasteiger partial charge in [-0.1, -0.05) is 36.4 Å². The van der Waals surface area contributed by atoms with Crippen LogP contribution >= 0.6 is 0 Å². The lowest BCUT2D eigenvalue weighted by Crippen LogP contribution is -2.31. The first-order valence-electron chi connectivity index (χ1n) is 6.71. The summed E-state index contributed by atoms with van der Waals surface area (Å²) in [6.07, 6.45) is 0.809. The van der Waals surface area contributed by atoms with Crippen molar-refractivity contribution in [2.75, 3.05) is 6.54 Å². The van der Waals surface area contributed by atoms with Gasteiger partial charge in [0, 0.05) is 31.7 Å². The van der Waals surface area contributed by atoms with Crippen molar-refractivity contribution in [3.63, 3.8) is 0 Å². The smallest absolute Gasteiger partial charge is 0.354 e. The van der Waals surface area contributed by atoms with Gasteiger partial charge in [0.1, 0.15) is 5.69 Å². The van der Waals surface area contributed by atoms with Crippen molar-refractivity contribution in [2.45, 2.75) is 19.5 Å². The third kappa shape index (κ3) is 2.70. The van der Waals surface area contributed by atoms with Gasteiger partial charge in [-0.15, -0.1) is 0 Å². The Labute approximate surface area is 117 Å². The average Bonchev–Trinajstić information content (AvgIpc) is 2.47. The number of benzene rings is 1. The monoisotopic (exact) mass is 268 g/mol. The highest BCUT2D eigenvalue weighted by Gasteiger charge is 2.19. The lowest BCUT2D eigenvalue weighted by molar-refractivity contribution is 0.0690. The molecule has 0 saturated carbocycles. The molecule has 0 unspecified atom stereocenters. The molecule has 3 rings (SSSR count). The molecule has 0 bridgehead atoms. The van der Waals surface area contributed by atoms with E-state index in [4.69, 9.17) is 5.11 Å². The number of aromatic carboxylic acids is 1. The molecule has 4 heteroatoms. The van der Waals surface area contributed by atoms with Crippen molar-refractivity contribution in [3.8, 4) is 0 Å². The predicted molar refractivity (Wildman–Crippen MR) is 75.5 cm³/mol. The van der Waals surface area contributed by atoms with Crippen LogP contribution in [0, 0.1) is 0 Å². The van der Waals surface area contributed by atoms with Gasteiger partial charge in [0.2, 0.25) is 0 Å². The molecule has 4 nitrogen and oxygen atoms in total. The Bertz CT molecular complexity index is 626. The van der Waals surface area contributed by atoms with E-state index in [9.17, 15) is 4.79 Å². The summed E-state index contributed by atoms with van der Waals surface area (Å²) in [6, 6.07) is 13.9. The van der Waals surface area contributed by atoms with Gasteiger partial charge in [0.15, 0.2) is 0 Å². The van der Waals surface area contributed by atoms with Crippen molar-refractivity contribution < 1.29 is 9.90 Å². The SMILES string of the molecule is O=C(O)c1ccc2c(n1)CCN(Cc1ccccc1)C2.